The van der Waals surface area contributed by atoms with Gasteiger partial charge in [0.15, 0.2) is 27.1 Å². The number of sulfone groups is 1. The fraction of sp³-hybridized carbons (Fsp3) is 0.208. The second-order valence-electron chi connectivity index (χ2n) is 8.81. The van der Waals surface area contributed by atoms with Crippen molar-refractivity contribution in [2.45, 2.75) is 29.3 Å². The number of hydrogen-bond acceptors (Lipinski definition) is 8. The Morgan fingerprint density at radius 1 is 1.08 bits per heavy atom. The molecule has 0 saturated carbocycles. The maximum absolute atomic E-state index is 12.7. The Hall–Kier alpha value is -3.37. The van der Waals surface area contributed by atoms with Crippen LogP contribution in [0.1, 0.15) is 25.4 Å². The molecule has 2 aromatic heterocycles. The van der Waals surface area contributed by atoms with Crippen LogP contribution in [-0.2, 0) is 9.84 Å². The second-order valence-corrected chi connectivity index (χ2v) is 11.3. The Labute approximate surface area is 214 Å². The average Bonchev–Trinajstić information content (AvgIpc) is 3.33. The van der Waals surface area contributed by atoms with Gasteiger partial charge < -0.3 is 15.6 Å². The lowest BCUT2D eigenvalue weighted by Gasteiger charge is -2.20. The molecule has 0 aliphatic rings. The zero-order valence-electron chi connectivity index (χ0n) is 20.1. The van der Waals surface area contributed by atoms with Gasteiger partial charge in [0.05, 0.1) is 32.5 Å². The summed E-state index contributed by atoms with van der Waals surface area (Å²) < 4.78 is 29.4. The van der Waals surface area contributed by atoms with E-state index < -0.39 is 14.5 Å². The summed E-state index contributed by atoms with van der Waals surface area (Å²) in [6.07, 6.45) is 1.45. The van der Waals surface area contributed by atoms with Crippen molar-refractivity contribution >= 4 is 44.7 Å². The predicted octanol–water partition coefficient (Wildman–Crippen LogP) is 1.91. The SMILES string of the molecule is [B]c1cc(S(=O)(=O)C([B])(C)C)ccc1-c1cnc(N)c(-c2cc(-c3ccc(C([B])NC)cc3)no2)n1. The highest BCUT2D eigenvalue weighted by Crippen LogP contribution is 2.30. The van der Waals surface area contributed by atoms with Crippen LogP contribution in [0.3, 0.4) is 0 Å². The minimum atomic E-state index is -3.78. The van der Waals surface area contributed by atoms with Crippen LogP contribution in [-0.4, -0.2) is 58.8 Å². The molecule has 1 unspecified atom stereocenters. The Balaban J connectivity index is 1.67. The van der Waals surface area contributed by atoms with E-state index in [4.69, 9.17) is 33.8 Å². The minimum absolute atomic E-state index is 0.0152. The first-order valence-corrected chi connectivity index (χ1v) is 12.5. The number of nitrogens with zero attached hydrogens (tertiary/aromatic N) is 3. The highest BCUT2D eigenvalue weighted by atomic mass is 32.2. The first-order chi connectivity index (χ1) is 16.9. The van der Waals surface area contributed by atoms with E-state index in [0.29, 0.717) is 22.7 Å². The fourth-order valence-electron chi connectivity index (χ4n) is 3.51. The van der Waals surface area contributed by atoms with Crippen LogP contribution >= 0.6 is 0 Å². The monoisotopic (exact) mass is 493 g/mol. The highest BCUT2D eigenvalue weighted by Gasteiger charge is 2.30. The minimum Gasteiger partial charge on any atom is -0.382 e. The van der Waals surface area contributed by atoms with Gasteiger partial charge in [-0.1, -0.05) is 54.8 Å². The summed E-state index contributed by atoms with van der Waals surface area (Å²) in [5.41, 5.74) is 9.75. The fourth-order valence-corrected chi connectivity index (χ4v) is 4.64. The van der Waals surface area contributed by atoms with Gasteiger partial charge in [-0.3, -0.25) is 0 Å². The zero-order chi connectivity index (χ0) is 26.3. The molecule has 0 amide bonds. The first-order valence-electron chi connectivity index (χ1n) is 11.0. The van der Waals surface area contributed by atoms with E-state index in [1.54, 1.807) is 19.2 Å². The molecule has 4 aromatic rings. The van der Waals surface area contributed by atoms with Crippen LogP contribution in [0, 0.1) is 0 Å². The maximum atomic E-state index is 12.7. The zero-order valence-corrected chi connectivity index (χ0v) is 20.9. The van der Waals surface area contributed by atoms with Crippen molar-refractivity contribution in [2.24, 2.45) is 0 Å². The van der Waals surface area contributed by atoms with Crippen molar-refractivity contribution in [1.29, 1.82) is 0 Å². The molecular weight excluding hydrogens is 471 g/mol. The van der Waals surface area contributed by atoms with E-state index >= 15 is 0 Å². The van der Waals surface area contributed by atoms with Gasteiger partial charge in [-0.2, -0.15) is 0 Å². The number of nitrogen functional groups attached to an aromatic ring is 1. The van der Waals surface area contributed by atoms with Gasteiger partial charge in [-0.05, 0) is 36.2 Å². The molecule has 176 valence electrons. The third-order valence-corrected chi connectivity index (χ3v) is 7.98. The van der Waals surface area contributed by atoms with Crippen molar-refractivity contribution in [2.75, 3.05) is 12.8 Å². The molecule has 0 saturated heterocycles. The van der Waals surface area contributed by atoms with Gasteiger partial charge >= 0.3 is 0 Å². The molecule has 2 heterocycles. The van der Waals surface area contributed by atoms with Gasteiger partial charge in [-0.15, -0.1) is 0 Å². The van der Waals surface area contributed by atoms with E-state index in [-0.39, 0.29) is 27.8 Å². The largest absolute Gasteiger partial charge is 0.382 e. The Morgan fingerprint density at radius 2 is 1.78 bits per heavy atom. The number of nitrogens with two attached hydrogens (primary N) is 1. The topological polar surface area (TPSA) is 124 Å². The van der Waals surface area contributed by atoms with E-state index in [0.717, 1.165) is 11.1 Å². The third-order valence-electron chi connectivity index (χ3n) is 5.72. The van der Waals surface area contributed by atoms with Crippen LogP contribution in [0.25, 0.3) is 34.0 Å². The second kappa shape index (κ2) is 9.59. The summed E-state index contributed by atoms with van der Waals surface area (Å²) in [7, 11) is 16.0. The smallest absolute Gasteiger partial charge is 0.189 e. The normalized spacial score (nSPS) is 13.0. The van der Waals surface area contributed by atoms with Gasteiger partial charge in [0.2, 0.25) is 0 Å². The summed E-state index contributed by atoms with van der Waals surface area (Å²) in [6.45, 7) is 2.84. The van der Waals surface area contributed by atoms with E-state index in [9.17, 15) is 8.42 Å². The Morgan fingerprint density at radius 3 is 2.39 bits per heavy atom. The van der Waals surface area contributed by atoms with Crippen LogP contribution in [0.5, 0.6) is 0 Å². The predicted molar refractivity (Wildman–Crippen MR) is 143 cm³/mol. The van der Waals surface area contributed by atoms with Gasteiger partial charge in [0.25, 0.3) is 0 Å². The summed E-state index contributed by atoms with van der Waals surface area (Å²) in [6, 6.07) is 13.6. The summed E-state index contributed by atoms with van der Waals surface area (Å²) >= 11 is 0. The molecule has 4 rings (SSSR count). The molecule has 1 atom stereocenters. The highest BCUT2D eigenvalue weighted by molar-refractivity contribution is 7.94. The van der Waals surface area contributed by atoms with Gasteiger partial charge in [0.1, 0.15) is 13.5 Å². The molecule has 12 heteroatoms. The first kappa shape index (κ1) is 25.7. The Bertz CT molecular complexity index is 1520. The van der Waals surface area contributed by atoms with Crippen LogP contribution < -0.4 is 16.5 Å². The quantitative estimate of drug-likeness (QED) is 0.375. The standard InChI is InChI=1S/C24H22B3N5O3S/c1-24(2,27)36(33,34)15-8-9-16(17(25)10-15)19-12-30-23(28)21(31-19)20-11-18(32-35-20)13-4-6-14(7-5-13)22(26)29-3/h4-12,22,29H,1-3H3,(H2,28,30). The van der Waals surface area contributed by atoms with E-state index in [1.807, 2.05) is 24.3 Å². The number of rotatable bonds is 7. The molecular formula is C24H22B3N5O3S. The lowest BCUT2D eigenvalue weighted by molar-refractivity contribution is 0.434. The van der Waals surface area contributed by atoms with Crippen molar-refractivity contribution in [3.63, 3.8) is 0 Å². The lowest BCUT2D eigenvalue weighted by Crippen LogP contribution is -2.32. The van der Waals surface area contributed by atoms with Crippen molar-refractivity contribution < 1.29 is 12.9 Å². The molecule has 6 radical (unpaired) electrons. The average molecular weight is 493 g/mol. The van der Waals surface area contributed by atoms with Crippen LogP contribution in [0.4, 0.5) is 5.82 Å². The summed E-state index contributed by atoms with van der Waals surface area (Å²) in [5, 5.41) is 7.11. The number of nitrogens with one attached hydrogen (secondary N) is 1. The molecule has 0 aliphatic carbocycles. The molecule has 3 N–H and O–H groups in total. The van der Waals surface area contributed by atoms with Gasteiger partial charge in [0, 0.05) is 16.3 Å². The molecule has 0 bridgehead atoms. The molecule has 36 heavy (non-hydrogen) atoms. The van der Waals surface area contributed by atoms with Crippen molar-refractivity contribution in [3.05, 3.63) is 60.3 Å². The summed E-state index contributed by atoms with van der Waals surface area (Å²) in [4.78, 5) is 8.80. The molecule has 8 nitrogen and oxygen atoms in total. The van der Waals surface area contributed by atoms with E-state index in [2.05, 4.69) is 20.4 Å². The van der Waals surface area contributed by atoms with Crippen molar-refractivity contribution in [3.8, 4) is 34.0 Å². The number of anilines is 1. The number of aromatic nitrogens is 3. The third kappa shape index (κ3) is 4.83. The molecule has 0 aliphatic heterocycles. The Kier molecular flexibility index (Phi) is 6.85. The van der Waals surface area contributed by atoms with Gasteiger partial charge in [-0.25, -0.2) is 18.4 Å². The number of hydrogen-bond donors (Lipinski definition) is 2. The molecule has 0 fully saturated rings. The molecule has 0 spiro atoms. The van der Waals surface area contributed by atoms with Crippen LogP contribution in [0.15, 0.2) is 64.1 Å². The van der Waals surface area contributed by atoms with E-state index in [1.165, 1.54) is 32.2 Å². The lowest BCUT2D eigenvalue weighted by atomic mass is 9.88. The molecule has 2 aromatic carbocycles. The number of benzene rings is 2. The maximum Gasteiger partial charge on any atom is 0.189 e. The van der Waals surface area contributed by atoms with Crippen molar-refractivity contribution in [1.82, 2.24) is 20.4 Å². The van der Waals surface area contributed by atoms with Crippen LogP contribution in [0.2, 0.25) is 0 Å². The summed E-state index contributed by atoms with van der Waals surface area (Å²) in [5.74, 6) is 0.183.